The summed E-state index contributed by atoms with van der Waals surface area (Å²) >= 11 is 0. The van der Waals surface area contributed by atoms with E-state index in [4.69, 9.17) is 5.26 Å². The van der Waals surface area contributed by atoms with Crippen molar-refractivity contribution in [3.05, 3.63) is 0 Å². The molecular weight excluding hydrogens is 220 g/mol. The molecular formula is C16H30N2. The zero-order chi connectivity index (χ0) is 13.4. The van der Waals surface area contributed by atoms with Crippen LogP contribution in [0.3, 0.4) is 0 Å². The Morgan fingerprint density at radius 3 is 2.67 bits per heavy atom. The van der Waals surface area contributed by atoms with Crippen molar-refractivity contribution in [2.24, 2.45) is 11.3 Å². The molecule has 1 aliphatic heterocycles. The van der Waals surface area contributed by atoms with Crippen LogP contribution in [0.15, 0.2) is 0 Å². The van der Waals surface area contributed by atoms with Crippen LogP contribution in [0.5, 0.6) is 0 Å². The molecule has 1 rings (SSSR count). The largest absolute Gasteiger partial charge is 0.303 e. The van der Waals surface area contributed by atoms with Gasteiger partial charge in [0.2, 0.25) is 0 Å². The molecule has 1 fully saturated rings. The van der Waals surface area contributed by atoms with Gasteiger partial charge in [0.25, 0.3) is 0 Å². The summed E-state index contributed by atoms with van der Waals surface area (Å²) in [6, 6.07) is 2.39. The molecule has 0 aromatic rings. The molecule has 0 saturated carbocycles. The summed E-state index contributed by atoms with van der Waals surface area (Å²) in [6.07, 6.45) is 9.02. The van der Waals surface area contributed by atoms with Gasteiger partial charge in [-0.25, -0.2) is 0 Å². The molecule has 1 saturated heterocycles. The zero-order valence-corrected chi connectivity index (χ0v) is 12.5. The Bertz CT molecular complexity index is 265. The van der Waals surface area contributed by atoms with Gasteiger partial charge in [0.15, 0.2) is 0 Å². The molecule has 0 spiro atoms. The first-order valence-corrected chi connectivity index (χ1v) is 7.71. The standard InChI is InChI=1S/C16H30N2/c1-4-15-8-7-12-18(13-9-15)11-6-5-10-16(2,3)14-17/h15H,4-13H2,1-3H3. The fraction of sp³-hybridized carbons (Fsp3) is 0.938. The SMILES string of the molecule is CCC1CCCN(CCCCC(C)(C)C#N)CC1. The Balaban J connectivity index is 2.14. The van der Waals surface area contributed by atoms with Crippen LogP contribution in [0.2, 0.25) is 0 Å². The molecule has 0 N–H and O–H groups in total. The van der Waals surface area contributed by atoms with Gasteiger partial charge < -0.3 is 4.90 Å². The van der Waals surface area contributed by atoms with E-state index in [1.165, 1.54) is 58.2 Å². The minimum atomic E-state index is -0.133. The lowest BCUT2D eigenvalue weighted by molar-refractivity contribution is 0.268. The van der Waals surface area contributed by atoms with Gasteiger partial charge in [-0.3, -0.25) is 0 Å². The maximum absolute atomic E-state index is 8.98. The number of unbranched alkanes of at least 4 members (excludes halogenated alkanes) is 1. The third-order valence-electron chi connectivity index (χ3n) is 4.35. The summed E-state index contributed by atoms with van der Waals surface area (Å²) in [5.74, 6) is 0.965. The van der Waals surface area contributed by atoms with Crippen molar-refractivity contribution in [3.8, 4) is 6.07 Å². The maximum atomic E-state index is 8.98. The third kappa shape index (κ3) is 5.87. The number of hydrogen-bond donors (Lipinski definition) is 0. The number of nitrogens with zero attached hydrogens (tertiary/aromatic N) is 2. The molecule has 104 valence electrons. The van der Waals surface area contributed by atoms with E-state index in [-0.39, 0.29) is 5.41 Å². The van der Waals surface area contributed by atoms with Crippen molar-refractivity contribution in [1.29, 1.82) is 5.26 Å². The van der Waals surface area contributed by atoms with Crippen molar-refractivity contribution in [1.82, 2.24) is 4.90 Å². The maximum Gasteiger partial charge on any atom is 0.0683 e. The van der Waals surface area contributed by atoms with E-state index in [9.17, 15) is 0 Å². The molecule has 0 amide bonds. The first-order chi connectivity index (χ1) is 8.57. The lowest BCUT2D eigenvalue weighted by atomic mass is 9.89. The summed E-state index contributed by atoms with van der Waals surface area (Å²) in [7, 11) is 0. The van der Waals surface area contributed by atoms with Gasteiger partial charge in [-0.1, -0.05) is 19.8 Å². The van der Waals surface area contributed by atoms with Gasteiger partial charge in [-0.2, -0.15) is 5.26 Å². The van der Waals surface area contributed by atoms with Crippen LogP contribution >= 0.6 is 0 Å². The monoisotopic (exact) mass is 250 g/mol. The molecule has 0 bridgehead atoms. The second-order valence-electron chi connectivity index (χ2n) is 6.50. The fourth-order valence-electron chi connectivity index (χ4n) is 2.81. The molecule has 0 radical (unpaired) electrons. The quantitative estimate of drug-likeness (QED) is 0.660. The van der Waals surface area contributed by atoms with E-state index in [1.807, 2.05) is 13.8 Å². The Morgan fingerprint density at radius 2 is 2.00 bits per heavy atom. The molecule has 0 aliphatic carbocycles. The fourth-order valence-corrected chi connectivity index (χ4v) is 2.81. The molecule has 1 aliphatic rings. The highest BCUT2D eigenvalue weighted by atomic mass is 15.1. The van der Waals surface area contributed by atoms with Crippen molar-refractivity contribution in [2.45, 2.75) is 65.7 Å². The third-order valence-corrected chi connectivity index (χ3v) is 4.35. The number of hydrogen-bond acceptors (Lipinski definition) is 2. The minimum absolute atomic E-state index is 0.133. The molecule has 18 heavy (non-hydrogen) atoms. The predicted octanol–water partition coefficient (Wildman–Crippen LogP) is 4.22. The van der Waals surface area contributed by atoms with E-state index < -0.39 is 0 Å². The van der Waals surface area contributed by atoms with Crippen molar-refractivity contribution in [2.75, 3.05) is 19.6 Å². The second kappa shape index (κ2) is 7.79. The molecule has 2 nitrogen and oxygen atoms in total. The summed E-state index contributed by atoms with van der Waals surface area (Å²) < 4.78 is 0. The van der Waals surface area contributed by atoms with Crippen LogP contribution in [-0.4, -0.2) is 24.5 Å². The summed E-state index contributed by atoms with van der Waals surface area (Å²) in [5.41, 5.74) is -0.133. The zero-order valence-electron chi connectivity index (χ0n) is 12.5. The Hall–Kier alpha value is -0.550. The average Bonchev–Trinajstić information content (AvgIpc) is 2.60. The van der Waals surface area contributed by atoms with Gasteiger partial charge in [0.05, 0.1) is 11.5 Å². The van der Waals surface area contributed by atoms with Gasteiger partial charge >= 0.3 is 0 Å². The smallest absolute Gasteiger partial charge is 0.0683 e. The van der Waals surface area contributed by atoms with Crippen molar-refractivity contribution >= 4 is 0 Å². The highest BCUT2D eigenvalue weighted by Crippen LogP contribution is 2.23. The summed E-state index contributed by atoms with van der Waals surface area (Å²) in [6.45, 7) is 10.2. The van der Waals surface area contributed by atoms with E-state index in [0.717, 1.165) is 12.3 Å². The Labute approximate surface area is 113 Å². The van der Waals surface area contributed by atoms with Crippen LogP contribution in [0.1, 0.15) is 65.7 Å². The molecule has 0 aromatic carbocycles. The van der Waals surface area contributed by atoms with E-state index in [2.05, 4.69) is 17.9 Å². The molecule has 2 heteroatoms. The van der Waals surface area contributed by atoms with E-state index in [0.29, 0.717) is 0 Å². The van der Waals surface area contributed by atoms with Crippen LogP contribution in [0, 0.1) is 22.7 Å². The Kier molecular flexibility index (Phi) is 6.71. The lowest BCUT2D eigenvalue weighted by Gasteiger charge is -2.21. The average molecular weight is 250 g/mol. The predicted molar refractivity (Wildman–Crippen MR) is 77.3 cm³/mol. The van der Waals surface area contributed by atoms with Crippen molar-refractivity contribution < 1.29 is 0 Å². The highest BCUT2D eigenvalue weighted by Gasteiger charge is 2.17. The second-order valence-corrected chi connectivity index (χ2v) is 6.50. The van der Waals surface area contributed by atoms with Gasteiger partial charge in [0, 0.05) is 0 Å². The summed E-state index contributed by atoms with van der Waals surface area (Å²) in [4.78, 5) is 2.63. The van der Waals surface area contributed by atoms with Gasteiger partial charge in [0.1, 0.15) is 0 Å². The van der Waals surface area contributed by atoms with Crippen LogP contribution < -0.4 is 0 Å². The van der Waals surface area contributed by atoms with Crippen LogP contribution in [0.25, 0.3) is 0 Å². The van der Waals surface area contributed by atoms with Gasteiger partial charge in [-0.15, -0.1) is 0 Å². The van der Waals surface area contributed by atoms with Gasteiger partial charge in [-0.05, 0) is 71.5 Å². The Morgan fingerprint density at radius 1 is 1.22 bits per heavy atom. The number of likely N-dealkylation sites (tertiary alicyclic amines) is 1. The highest BCUT2D eigenvalue weighted by molar-refractivity contribution is 4.91. The topological polar surface area (TPSA) is 27.0 Å². The number of rotatable bonds is 6. The first-order valence-electron chi connectivity index (χ1n) is 7.71. The first kappa shape index (κ1) is 15.5. The van der Waals surface area contributed by atoms with Crippen LogP contribution in [0.4, 0.5) is 0 Å². The van der Waals surface area contributed by atoms with E-state index >= 15 is 0 Å². The molecule has 1 heterocycles. The lowest BCUT2D eigenvalue weighted by Crippen LogP contribution is -2.26. The van der Waals surface area contributed by atoms with E-state index in [1.54, 1.807) is 0 Å². The normalized spacial score (nSPS) is 22.4. The van der Waals surface area contributed by atoms with Crippen molar-refractivity contribution in [3.63, 3.8) is 0 Å². The molecule has 0 aromatic heterocycles. The summed E-state index contributed by atoms with van der Waals surface area (Å²) in [5, 5.41) is 8.98. The number of nitriles is 1. The van der Waals surface area contributed by atoms with Crippen LogP contribution in [-0.2, 0) is 0 Å². The minimum Gasteiger partial charge on any atom is -0.303 e. The molecule has 1 unspecified atom stereocenters. The molecule has 1 atom stereocenters.